The van der Waals surface area contributed by atoms with Gasteiger partial charge in [0.05, 0.1) is 16.7 Å². The van der Waals surface area contributed by atoms with Crippen molar-refractivity contribution < 1.29 is 14.8 Å². The van der Waals surface area contributed by atoms with E-state index in [1.54, 1.807) is 18.2 Å². The third-order valence-corrected chi connectivity index (χ3v) is 4.18. The number of ether oxygens (including phenoxy) is 1. The largest absolute Gasteiger partial charge is 0.508 e. The van der Waals surface area contributed by atoms with Gasteiger partial charge in [0.1, 0.15) is 11.5 Å². The van der Waals surface area contributed by atoms with Gasteiger partial charge in [-0.2, -0.15) is 0 Å². The highest BCUT2D eigenvalue weighted by Gasteiger charge is 2.15. The molecule has 0 bridgehead atoms. The van der Waals surface area contributed by atoms with Crippen LogP contribution in [-0.4, -0.2) is 10.0 Å². The fraction of sp³-hybridized carbons (Fsp3) is 0.143. The van der Waals surface area contributed by atoms with Crippen molar-refractivity contribution in [1.29, 1.82) is 0 Å². The summed E-state index contributed by atoms with van der Waals surface area (Å²) in [6, 6.07) is 14.8. The smallest absolute Gasteiger partial charge is 0.273 e. The van der Waals surface area contributed by atoms with Crippen LogP contribution in [0.4, 0.5) is 17.1 Å². The molecular weight excluding hydrogens is 344 g/mol. The number of nitro benzene ring substituents is 1. The van der Waals surface area contributed by atoms with E-state index in [1.165, 1.54) is 29.8 Å². The first-order valence-electron chi connectivity index (χ1n) is 8.43. The Morgan fingerprint density at radius 1 is 0.963 bits per heavy atom. The number of nitrogens with zero attached hydrogens (tertiary/aromatic N) is 1. The van der Waals surface area contributed by atoms with Crippen LogP contribution in [0.25, 0.3) is 0 Å². The van der Waals surface area contributed by atoms with Crippen LogP contribution >= 0.6 is 0 Å². The van der Waals surface area contributed by atoms with Gasteiger partial charge in [-0.15, -0.1) is 0 Å². The van der Waals surface area contributed by atoms with Gasteiger partial charge in [0, 0.05) is 11.8 Å². The summed E-state index contributed by atoms with van der Waals surface area (Å²) in [5.41, 5.74) is 4.79. The van der Waals surface area contributed by atoms with Crippen molar-refractivity contribution in [1.82, 2.24) is 0 Å². The number of nitrogens with one attached hydrogen (secondary N) is 1. The Balaban J connectivity index is 2.01. The van der Waals surface area contributed by atoms with Crippen molar-refractivity contribution in [3.8, 4) is 17.2 Å². The first-order chi connectivity index (χ1) is 12.8. The molecule has 0 spiro atoms. The van der Waals surface area contributed by atoms with Crippen molar-refractivity contribution >= 4 is 17.1 Å². The molecule has 0 radical (unpaired) electrons. The normalized spacial score (nSPS) is 10.5. The molecule has 0 saturated carbocycles. The fourth-order valence-corrected chi connectivity index (χ4v) is 2.97. The lowest BCUT2D eigenvalue weighted by Crippen LogP contribution is -2.00. The number of hydrogen-bond acceptors (Lipinski definition) is 5. The summed E-state index contributed by atoms with van der Waals surface area (Å²) in [4.78, 5) is 10.7. The van der Waals surface area contributed by atoms with E-state index < -0.39 is 4.92 Å². The number of hydrogen-bond donors (Lipinski definition) is 2. The second kappa shape index (κ2) is 7.37. The van der Waals surface area contributed by atoms with Crippen LogP contribution in [0.1, 0.15) is 16.7 Å². The number of non-ortho nitro benzene ring substituents is 1. The highest BCUT2D eigenvalue weighted by atomic mass is 16.6. The van der Waals surface area contributed by atoms with Gasteiger partial charge in [-0.3, -0.25) is 10.1 Å². The molecule has 6 heteroatoms. The van der Waals surface area contributed by atoms with Crippen LogP contribution in [0.5, 0.6) is 17.2 Å². The molecule has 0 amide bonds. The van der Waals surface area contributed by atoms with Gasteiger partial charge in [0.25, 0.3) is 5.69 Å². The van der Waals surface area contributed by atoms with Crippen LogP contribution in [-0.2, 0) is 0 Å². The zero-order chi connectivity index (χ0) is 19.6. The summed E-state index contributed by atoms with van der Waals surface area (Å²) < 4.78 is 5.85. The third kappa shape index (κ3) is 4.17. The number of aryl methyl sites for hydroxylation is 3. The Hall–Kier alpha value is -3.54. The molecule has 0 fully saturated rings. The van der Waals surface area contributed by atoms with E-state index in [9.17, 15) is 15.2 Å². The monoisotopic (exact) mass is 364 g/mol. The van der Waals surface area contributed by atoms with Crippen molar-refractivity contribution in [3.63, 3.8) is 0 Å². The SMILES string of the molecule is Cc1cc(C)c(Nc2ccc([N+](=O)[O-])cc2Oc2ccc(O)cc2)c(C)c1. The highest BCUT2D eigenvalue weighted by molar-refractivity contribution is 5.73. The van der Waals surface area contributed by atoms with Gasteiger partial charge in [-0.1, -0.05) is 17.7 Å². The maximum absolute atomic E-state index is 11.2. The lowest BCUT2D eigenvalue weighted by Gasteiger charge is -2.17. The second-order valence-electron chi connectivity index (χ2n) is 6.43. The lowest BCUT2D eigenvalue weighted by atomic mass is 10.0. The molecule has 0 saturated heterocycles. The minimum Gasteiger partial charge on any atom is -0.508 e. The van der Waals surface area contributed by atoms with E-state index in [4.69, 9.17) is 4.74 Å². The molecule has 0 unspecified atom stereocenters. The zero-order valence-corrected chi connectivity index (χ0v) is 15.3. The Labute approximate surface area is 157 Å². The van der Waals surface area contributed by atoms with E-state index in [-0.39, 0.29) is 11.4 Å². The molecule has 2 N–H and O–H groups in total. The lowest BCUT2D eigenvalue weighted by molar-refractivity contribution is -0.384. The molecule has 0 aliphatic heterocycles. The van der Waals surface area contributed by atoms with Gasteiger partial charge < -0.3 is 15.2 Å². The number of phenolic OH excluding ortho intramolecular Hbond substituents is 1. The van der Waals surface area contributed by atoms with E-state index >= 15 is 0 Å². The van der Waals surface area contributed by atoms with Gasteiger partial charge in [0.2, 0.25) is 0 Å². The maximum atomic E-state index is 11.2. The molecule has 0 heterocycles. The Morgan fingerprint density at radius 2 is 1.59 bits per heavy atom. The topological polar surface area (TPSA) is 84.6 Å². The van der Waals surface area contributed by atoms with E-state index in [1.807, 2.05) is 20.8 Å². The molecule has 0 aromatic heterocycles. The fourth-order valence-electron chi connectivity index (χ4n) is 2.97. The van der Waals surface area contributed by atoms with Gasteiger partial charge in [-0.25, -0.2) is 0 Å². The minimum atomic E-state index is -0.462. The van der Waals surface area contributed by atoms with Crippen molar-refractivity contribution in [2.24, 2.45) is 0 Å². The number of anilines is 2. The predicted molar refractivity (Wildman–Crippen MR) is 105 cm³/mol. The average molecular weight is 364 g/mol. The number of nitro groups is 1. The molecule has 3 aromatic carbocycles. The molecular formula is C21H20N2O4. The quantitative estimate of drug-likeness (QED) is 0.444. The van der Waals surface area contributed by atoms with Crippen LogP contribution in [0.3, 0.4) is 0 Å². The molecule has 0 aliphatic rings. The third-order valence-electron chi connectivity index (χ3n) is 4.18. The Morgan fingerprint density at radius 3 is 2.19 bits per heavy atom. The standard InChI is InChI=1S/C21H20N2O4/c1-13-10-14(2)21(15(3)11-13)22-19-9-4-16(23(25)26)12-20(19)27-18-7-5-17(24)6-8-18/h4-12,22,24H,1-3H3. The van der Waals surface area contributed by atoms with Crippen LogP contribution < -0.4 is 10.1 Å². The van der Waals surface area contributed by atoms with Gasteiger partial charge >= 0.3 is 0 Å². The molecule has 3 aromatic rings. The summed E-state index contributed by atoms with van der Waals surface area (Å²) in [5, 5.41) is 23.9. The summed E-state index contributed by atoms with van der Waals surface area (Å²) in [7, 11) is 0. The molecule has 3 rings (SSSR count). The van der Waals surface area contributed by atoms with Crippen molar-refractivity contribution in [2.75, 3.05) is 5.32 Å². The molecule has 0 atom stereocenters. The maximum Gasteiger partial charge on any atom is 0.273 e. The molecule has 6 nitrogen and oxygen atoms in total. The molecule has 138 valence electrons. The Bertz CT molecular complexity index is 975. The van der Waals surface area contributed by atoms with Crippen LogP contribution in [0.15, 0.2) is 54.6 Å². The number of aromatic hydroxyl groups is 1. The predicted octanol–water partition coefficient (Wildman–Crippen LogP) is 5.76. The van der Waals surface area contributed by atoms with Gasteiger partial charge in [0.15, 0.2) is 5.75 Å². The number of rotatable bonds is 5. The Kier molecular flexibility index (Phi) is 4.98. The highest BCUT2D eigenvalue weighted by Crippen LogP contribution is 2.37. The van der Waals surface area contributed by atoms with Gasteiger partial charge in [-0.05, 0) is 62.2 Å². The zero-order valence-electron chi connectivity index (χ0n) is 15.3. The molecule has 27 heavy (non-hydrogen) atoms. The van der Waals surface area contributed by atoms with Crippen molar-refractivity contribution in [3.05, 3.63) is 81.4 Å². The molecule has 0 aliphatic carbocycles. The summed E-state index contributed by atoms with van der Waals surface area (Å²) >= 11 is 0. The number of phenols is 1. The minimum absolute atomic E-state index is 0.0633. The van der Waals surface area contributed by atoms with Crippen molar-refractivity contribution in [2.45, 2.75) is 20.8 Å². The van der Waals surface area contributed by atoms with E-state index in [0.717, 1.165) is 16.8 Å². The van der Waals surface area contributed by atoms with E-state index in [2.05, 4.69) is 17.4 Å². The first-order valence-corrected chi connectivity index (χ1v) is 8.43. The average Bonchev–Trinajstić information content (AvgIpc) is 2.60. The second-order valence-corrected chi connectivity index (χ2v) is 6.43. The summed E-state index contributed by atoms with van der Waals surface area (Å²) in [5.74, 6) is 0.911. The van der Waals surface area contributed by atoms with Crippen LogP contribution in [0.2, 0.25) is 0 Å². The first kappa shape index (κ1) is 18.3. The summed E-state index contributed by atoms with van der Waals surface area (Å²) in [6.07, 6.45) is 0. The van der Waals surface area contributed by atoms with E-state index in [0.29, 0.717) is 17.2 Å². The number of benzene rings is 3. The summed E-state index contributed by atoms with van der Waals surface area (Å²) in [6.45, 7) is 6.05. The van der Waals surface area contributed by atoms with Crippen LogP contribution in [0, 0.1) is 30.9 Å².